The maximum Gasteiger partial charge on any atom is 0.241 e. The van der Waals surface area contributed by atoms with Crippen LogP contribution in [0, 0.1) is 0 Å². The Labute approximate surface area is 121 Å². The lowest BCUT2D eigenvalue weighted by Gasteiger charge is -2.08. The zero-order valence-corrected chi connectivity index (χ0v) is 11.7. The van der Waals surface area contributed by atoms with E-state index in [0.29, 0.717) is 5.95 Å². The molecule has 0 spiro atoms. The van der Waals surface area contributed by atoms with E-state index in [-0.39, 0.29) is 0 Å². The lowest BCUT2D eigenvalue weighted by molar-refractivity contribution is -0.113. The van der Waals surface area contributed by atoms with Crippen LogP contribution in [0.2, 0.25) is 0 Å². The summed E-state index contributed by atoms with van der Waals surface area (Å²) >= 11 is 1.55. The van der Waals surface area contributed by atoms with Crippen molar-refractivity contribution in [3.63, 3.8) is 0 Å². The van der Waals surface area contributed by atoms with E-state index in [1.54, 1.807) is 24.0 Å². The second-order valence-corrected chi connectivity index (χ2v) is 4.70. The molecule has 0 atom stereocenters. The van der Waals surface area contributed by atoms with Gasteiger partial charge in [0.1, 0.15) is 5.03 Å². The maximum atomic E-state index is 10.8. The van der Waals surface area contributed by atoms with Gasteiger partial charge in [0, 0.05) is 18.0 Å². The molecule has 1 heterocycles. The Morgan fingerprint density at radius 1 is 1.35 bits per heavy atom. The van der Waals surface area contributed by atoms with Gasteiger partial charge in [-0.3, -0.25) is 4.79 Å². The molecule has 0 aliphatic carbocycles. The zero-order chi connectivity index (χ0) is 14.4. The Kier molecular flexibility index (Phi) is 4.73. The third kappa shape index (κ3) is 3.83. The number of thioether (sulfide) groups is 1. The first kappa shape index (κ1) is 14.1. The van der Waals surface area contributed by atoms with Gasteiger partial charge in [-0.15, -0.1) is 11.8 Å². The predicted molar refractivity (Wildman–Crippen MR) is 81.8 cm³/mol. The monoisotopic (exact) mass is 286 g/mol. The number of rotatable bonds is 5. The molecule has 3 N–H and O–H groups in total. The number of hydrogen-bond acceptors (Lipinski definition) is 5. The Balaban J connectivity index is 2.26. The summed E-state index contributed by atoms with van der Waals surface area (Å²) in [6.45, 7) is 0. The predicted octanol–water partition coefficient (Wildman–Crippen LogP) is 2.44. The standard InChI is InChI=1S/C14H14N4OS/c1-20-13-8-9-16-14(18-13)17-11-5-3-2-4-10(11)6-7-12(15)19/h2-9H,1H3,(H2,15,19)(H,16,17,18). The highest BCUT2D eigenvalue weighted by atomic mass is 32.2. The number of nitrogens with two attached hydrogens (primary N) is 1. The number of carbonyl (C=O) groups is 1. The summed E-state index contributed by atoms with van der Waals surface area (Å²) in [7, 11) is 0. The number of primary amides is 1. The van der Waals surface area contributed by atoms with E-state index in [1.807, 2.05) is 36.6 Å². The van der Waals surface area contributed by atoms with E-state index in [0.717, 1.165) is 16.3 Å². The summed E-state index contributed by atoms with van der Waals surface area (Å²) in [6.07, 6.45) is 6.63. The van der Waals surface area contributed by atoms with Crippen LogP contribution >= 0.6 is 11.8 Å². The average molecular weight is 286 g/mol. The third-order valence-electron chi connectivity index (χ3n) is 2.47. The lowest BCUT2D eigenvalue weighted by atomic mass is 10.1. The molecule has 2 aromatic rings. The summed E-state index contributed by atoms with van der Waals surface area (Å²) < 4.78 is 0. The van der Waals surface area contributed by atoms with Gasteiger partial charge in [-0.1, -0.05) is 18.2 Å². The molecule has 102 valence electrons. The number of nitrogens with one attached hydrogen (secondary N) is 1. The number of anilines is 2. The van der Waals surface area contributed by atoms with Gasteiger partial charge in [-0.05, 0) is 30.0 Å². The van der Waals surface area contributed by atoms with Gasteiger partial charge >= 0.3 is 0 Å². The summed E-state index contributed by atoms with van der Waals surface area (Å²) in [5.74, 6) is 0.0252. The van der Waals surface area contributed by atoms with Crippen LogP contribution in [0.25, 0.3) is 6.08 Å². The molecule has 0 unspecified atom stereocenters. The van der Waals surface area contributed by atoms with E-state index in [1.165, 1.54) is 6.08 Å². The SMILES string of the molecule is CSc1ccnc(Nc2ccccc2C=CC(N)=O)n1. The highest BCUT2D eigenvalue weighted by Crippen LogP contribution is 2.21. The van der Waals surface area contributed by atoms with E-state index in [9.17, 15) is 4.79 Å². The number of aromatic nitrogens is 2. The van der Waals surface area contributed by atoms with Crippen molar-refractivity contribution in [1.29, 1.82) is 0 Å². The van der Waals surface area contributed by atoms with Gasteiger partial charge in [-0.2, -0.15) is 0 Å². The molecule has 20 heavy (non-hydrogen) atoms. The number of amides is 1. The van der Waals surface area contributed by atoms with Crippen LogP contribution in [-0.4, -0.2) is 22.1 Å². The van der Waals surface area contributed by atoms with Crippen LogP contribution in [0.1, 0.15) is 5.56 Å². The molecule has 1 amide bonds. The fraction of sp³-hybridized carbons (Fsp3) is 0.0714. The molecular formula is C14H14N4OS. The van der Waals surface area contributed by atoms with Crippen molar-refractivity contribution >= 4 is 35.4 Å². The quantitative estimate of drug-likeness (QED) is 0.501. The van der Waals surface area contributed by atoms with Crippen LogP contribution in [0.4, 0.5) is 11.6 Å². The number of benzene rings is 1. The van der Waals surface area contributed by atoms with Crippen molar-refractivity contribution < 1.29 is 4.79 Å². The number of hydrogen-bond donors (Lipinski definition) is 2. The minimum absolute atomic E-state index is 0.486. The van der Waals surface area contributed by atoms with E-state index < -0.39 is 5.91 Å². The van der Waals surface area contributed by atoms with E-state index in [2.05, 4.69) is 15.3 Å². The van der Waals surface area contributed by atoms with Crippen molar-refractivity contribution in [2.24, 2.45) is 5.73 Å². The molecule has 0 aliphatic rings. The first-order valence-electron chi connectivity index (χ1n) is 5.89. The van der Waals surface area contributed by atoms with E-state index in [4.69, 9.17) is 5.73 Å². The number of carbonyl (C=O) groups excluding carboxylic acids is 1. The van der Waals surface area contributed by atoms with Crippen molar-refractivity contribution in [3.05, 3.63) is 48.2 Å². The molecule has 0 aliphatic heterocycles. The van der Waals surface area contributed by atoms with Gasteiger partial charge in [0.05, 0.1) is 0 Å². The number of nitrogens with zero attached hydrogens (tertiary/aromatic N) is 2. The van der Waals surface area contributed by atoms with Crippen LogP contribution in [0.15, 0.2) is 47.6 Å². The van der Waals surface area contributed by atoms with Gasteiger partial charge in [-0.25, -0.2) is 9.97 Å². The van der Waals surface area contributed by atoms with Crippen LogP contribution < -0.4 is 11.1 Å². The zero-order valence-electron chi connectivity index (χ0n) is 10.9. The fourth-order valence-electron chi connectivity index (χ4n) is 1.56. The van der Waals surface area contributed by atoms with Crippen molar-refractivity contribution in [3.8, 4) is 0 Å². The first-order valence-corrected chi connectivity index (χ1v) is 7.12. The minimum Gasteiger partial charge on any atom is -0.366 e. The lowest BCUT2D eigenvalue weighted by Crippen LogP contribution is -2.05. The smallest absolute Gasteiger partial charge is 0.241 e. The largest absolute Gasteiger partial charge is 0.366 e. The third-order valence-corrected chi connectivity index (χ3v) is 3.12. The van der Waals surface area contributed by atoms with Gasteiger partial charge in [0.25, 0.3) is 0 Å². The Hall–Kier alpha value is -2.34. The fourth-order valence-corrected chi connectivity index (χ4v) is 1.94. The summed E-state index contributed by atoms with van der Waals surface area (Å²) in [5.41, 5.74) is 6.75. The van der Waals surface area contributed by atoms with E-state index >= 15 is 0 Å². The molecule has 0 bridgehead atoms. The molecule has 0 saturated carbocycles. The molecule has 0 saturated heterocycles. The Morgan fingerprint density at radius 3 is 2.90 bits per heavy atom. The molecular weight excluding hydrogens is 272 g/mol. The Bertz CT molecular complexity index is 643. The molecule has 6 heteroatoms. The molecule has 0 radical (unpaired) electrons. The van der Waals surface area contributed by atoms with Gasteiger partial charge in [0.2, 0.25) is 11.9 Å². The second kappa shape index (κ2) is 6.72. The summed E-state index contributed by atoms with van der Waals surface area (Å²) in [6, 6.07) is 9.37. The second-order valence-electron chi connectivity index (χ2n) is 3.87. The number of para-hydroxylation sites is 1. The van der Waals surface area contributed by atoms with Gasteiger partial charge in [0.15, 0.2) is 0 Å². The minimum atomic E-state index is -0.486. The normalized spacial score (nSPS) is 10.7. The van der Waals surface area contributed by atoms with Gasteiger partial charge < -0.3 is 11.1 Å². The molecule has 2 rings (SSSR count). The van der Waals surface area contributed by atoms with Crippen LogP contribution in [0.3, 0.4) is 0 Å². The first-order chi connectivity index (χ1) is 9.69. The molecule has 5 nitrogen and oxygen atoms in total. The highest BCUT2D eigenvalue weighted by molar-refractivity contribution is 7.98. The van der Waals surface area contributed by atoms with Crippen molar-refractivity contribution in [2.45, 2.75) is 5.03 Å². The molecule has 0 fully saturated rings. The van der Waals surface area contributed by atoms with Crippen molar-refractivity contribution in [2.75, 3.05) is 11.6 Å². The van der Waals surface area contributed by atoms with Crippen molar-refractivity contribution in [1.82, 2.24) is 9.97 Å². The highest BCUT2D eigenvalue weighted by Gasteiger charge is 2.02. The topological polar surface area (TPSA) is 80.9 Å². The average Bonchev–Trinajstić information content (AvgIpc) is 2.46. The summed E-state index contributed by atoms with van der Waals surface area (Å²) in [5, 5.41) is 4.01. The van der Waals surface area contributed by atoms with Crippen LogP contribution in [-0.2, 0) is 4.79 Å². The van der Waals surface area contributed by atoms with Crippen LogP contribution in [0.5, 0.6) is 0 Å². The Morgan fingerprint density at radius 2 is 2.15 bits per heavy atom. The summed E-state index contributed by atoms with van der Waals surface area (Å²) in [4.78, 5) is 19.3. The molecule has 1 aromatic heterocycles. The maximum absolute atomic E-state index is 10.8. The molecule has 1 aromatic carbocycles.